The number of aromatic nitrogens is 1. The minimum atomic E-state index is -0.641. The van der Waals surface area contributed by atoms with Crippen LogP contribution in [0, 0.1) is 30.9 Å². The number of nitrogens with zero attached hydrogens (tertiary/aromatic N) is 3. The van der Waals surface area contributed by atoms with Crippen LogP contribution in [0.15, 0.2) is 29.2 Å². The van der Waals surface area contributed by atoms with Crippen LogP contribution in [-0.4, -0.2) is 44.7 Å². The minimum Gasteiger partial charge on any atom is -0.465 e. The smallest absolute Gasteiger partial charge is 0.326 e. The summed E-state index contributed by atoms with van der Waals surface area (Å²) in [6.45, 7) is 6.94. The molecule has 1 aliphatic rings. The van der Waals surface area contributed by atoms with Gasteiger partial charge in [0.05, 0.1) is 16.4 Å². The molecule has 0 unspecified atom stereocenters. The fourth-order valence-corrected chi connectivity index (χ4v) is 4.25. The Kier molecular flexibility index (Phi) is 6.30. The minimum absolute atomic E-state index is 0.0132. The van der Waals surface area contributed by atoms with Crippen molar-refractivity contribution in [1.29, 1.82) is 0 Å². The Labute approximate surface area is 182 Å². The fraction of sp³-hybridized carbons (Fsp3) is 0.286. The molecule has 0 spiro atoms. The van der Waals surface area contributed by atoms with E-state index in [0.29, 0.717) is 0 Å². The number of carbonyl (C=O) groups is 3. The molecule has 31 heavy (non-hydrogen) atoms. The van der Waals surface area contributed by atoms with Crippen molar-refractivity contribution in [2.45, 2.75) is 27.7 Å². The number of benzene rings is 1. The zero-order chi connectivity index (χ0) is 22.9. The van der Waals surface area contributed by atoms with E-state index in [1.54, 1.807) is 26.0 Å². The second kappa shape index (κ2) is 8.76. The van der Waals surface area contributed by atoms with Crippen molar-refractivity contribution in [1.82, 2.24) is 9.47 Å². The lowest BCUT2D eigenvalue weighted by Crippen LogP contribution is -2.34. The van der Waals surface area contributed by atoms with Gasteiger partial charge in [-0.1, -0.05) is 0 Å². The van der Waals surface area contributed by atoms with E-state index < -0.39 is 28.6 Å². The highest BCUT2D eigenvalue weighted by atomic mass is 32.2. The predicted molar refractivity (Wildman–Crippen MR) is 116 cm³/mol. The number of esters is 1. The molecule has 0 aliphatic carbocycles. The van der Waals surface area contributed by atoms with Gasteiger partial charge in [-0.05, 0) is 68.8 Å². The lowest BCUT2D eigenvalue weighted by Gasteiger charge is -2.12. The number of hydrogen-bond donors (Lipinski definition) is 0. The molecule has 3 rings (SSSR count). The van der Waals surface area contributed by atoms with Crippen LogP contribution in [0.4, 0.5) is 10.5 Å². The normalized spacial score (nSPS) is 15.1. The first-order chi connectivity index (χ1) is 14.6. The van der Waals surface area contributed by atoms with E-state index in [1.807, 2.05) is 24.5 Å². The molecule has 0 radical (unpaired) electrons. The third-order valence-electron chi connectivity index (χ3n) is 4.86. The molecule has 0 saturated carbocycles. The number of nitro benzene ring substituents is 1. The van der Waals surface area contributed by atoms with E-state index in [1.165, 1.54) is 12.1 Å². The van der Waals surface area contributed by atoms with Crippen LogP contribution in [0.5, 0.6) is 0 Å². The maximum absolute atomic E-state index is 12.6. The van der Waals surface area contributed by atoms with Crippen LogP contribution >= 0.6 is 11.8 Å². The second-order valence-corrected chi connectivity index (χ2v) is 7.96. The van der Waals surface area contributed by atoms with Crippen molar-refractivity contribution in [2.75, 3.05) is 13.2 Å². The second-order valence-electron chi connectivity index (χ2n) is 6.96. The van der Waals surface area contributed by atoms with Gasteiger partial charge in [0, 0.05) is 29.2 Å². The molecular weight excluding hydrogens is 422 g/mol. The van der Waals surface area contributed by atoms with Crippen LogP contribution in [0.3, 0.4) is 0 Å². The molecule has 1 aromatic carbocycles. The van der Waals surface area contributed by atoms with Gasteiger partial charge in [-0.25, -0.2) is 0 Å². The summed E-state index contributed by atoms with van der Waals surface area (Å²) in [6, 6.07) is 6.51. The molecule has 0 N–H and O–H groups in total. The molecule has 1 aliphatic heterocycles. The number of aryl methyl sites for hydroxylation is 2. The summed E-state index contributed by atoms with van der Waals surface area (Å²) in [6.07, 6.45) is 1.62. The highest BCUT2D eigenvalue weighted by Crippen LogP contribution is 2.34. The first kappa shape index (κ1) is 22.3. The third-order valence-corrected chi connectivity index (χ3v) is 5.76. The molecule has 2 heterocycles. The Morgan fingerprint density at radius 1 is 1.23 bits per heavy atom. The number of non-ortho nitro benzene ring substituents is 1. The molecule has 2 aromatic rings. The van der Waals surface area contributed by atoms with Crippen molar-refractivity contribution in [3.8, 4) is 5.69 Å². The number of nitro groups is 1. The maximum atomic E-state index is 12.6. The molecule has 9 nitrogen and oxygen atoms in total. The summed E-state index contributed by atoms with van der Waals surface area (Å²) >= 11 is 0.771. The monoisotopic (exact) mass is 443 g/mol. The van der Waals surface area contributed by atoms with Gasteiger partial charge in [-0.15, -0.1) is 0 Å². The standard InChI is InChI=1S/C21H21N3O6S/c1-5-30-19(25)11-22-20(26)18(31-21(22)27)10-15-9-13(3)23(14(15)4)17-7-6-16(24(28)29)8-12(17)2/h6-10H,5,11H2,1-4H3/b18-10-. The lowest BCUT2D eigenvalue weighted by molar-refractivity contribution is -0.384. The van der Waals surface area contributed by atoms with Gasteiger partial charge in [-0.2, -0.15) is 0 Å². The molecule has 2 amide bonds. The Hall–Kier alpha value is -3.40. The lowest BCUT2D eigenvalue weighted by atomic mass is 10.1. The molecule has 1 fully saturated rings. The van der Waals surface area contributed by atoms with Gasteiger partial charge in [0.15, 0.2) is 0 Å². The highest BCUT2D eigenvalue weighted by Gasteiger charge is 2.36. The van der Waals surface area contributed by atoms with Gasteiger partial charge < -0.3 is 9.30 Å². The predicted octanol–water partition coefficient (Wildman–Crippen LogP) is 3.91. The van der Waals surface area contributed by atoms with Gasteiger partial charge in [0.2, 0.25) is 0 Å². The van der Waals surface area contributed by atoms with E-state index >= 15 is 0 Å². The summed E-state index contributed by atoms with van der Waals surface area (Å²) < 4.78 is 6.75. The van der Waals surface area contributed by atoms with E-state index in [9.17, 15) is 24.5 Å². The largest absolute Gasteiger partial charge is 0.465 e. The van der Waals surface area contributed by atoms with Crippen molar-refractivity contribution in [3.63, 3.8) is 0 Å². The van der Waals surface area contributed by atoms with Crippen molar-refractivity contribution >= 4 is 40.6 Å². The number of imide groups is 1. The summed E-state index contributed by atoms with van der Waals surface area (Å²) in [5, 5.41) is 10.5. The highest BCUT2D eigenvalue weighted by molar-refractivity contribution is 8.18. The molecule has 0 atom stereocenters. The number of ether oxygens (including phenoxy) is 1. The van der Waals surface area contributed by atoms with Crippen LogP contribution in [0.25, 0.3) is 11.8 Å². The fourth-order valence-electron chi connectivity index (χ4n) is 3.42. The SMILES string of the molecule is CCOC(=O)CN1C(=O)S/C(=C\c2cc(C)n(-c3ccc([N+](=O)[O-])cc3C)c2C)C1=O. The zero-order valence-electron chi connectivity index (χ0n) is 17.5. The quantitative estimate of drug-likeness (QED) is 0.288. The van der Waals surface area contributed by atoms with Crippen LogP contribution in [0.2, 0.25) is 0 Å². The molecule has 1 saturated heterocycles. The van der Waals surface area contributed by atoms with E-state index in [-0.39, 0.29) is 17.2 Å². The first-order valence-electron chi connectivity index (χ1n) is 9.49. The number of rotatable bonds is 6. The van der Waals surface area contributed by atoms with Crippen molar-refractivity contribution in [3.05, 3.63) is 61.8 Å². The molecule has 162 valence electrons. The summed E-state index contributed by atoms with van der Waals surface area (Å²) in [4.78, 5) is 48.2. The van der Waals surface area contributed by atoms with E-state index in [2.05, 4.69) is 0 Å². The average molecular weight is 443 g/mol. The van der Waals surface area contributed by atoms with Crippen LogP contribution in [-0.2, 0) is 14.3 Å². The van der Waals surface area contributed by atoms with Crippen LogP contribution in [0.1, 0.15) is 29.4 Å². The molecule has 0 bridgehead atoms. The van der Waals surface area contributed by atoms with E-state index in [0.717, 1.165) is 44.9 Å². The van der Waals surface area contributed by atoms with E-state index in [4.69, 9.17) is 4.74 Å². The maximum Gasteiger partial charge on any atom is 0.326 e. The van der Waals surface area contributed by atoms with Crippen molar-refractivity contribution < 1.29 is 24.0 Å². The number of thioether (sulfide) groups is 1. The number of hydrogen-bond acceptors (Lipinski definition) is 7. The Morgan fingerprint density at radius 2 is 1.94 bits per heavy atom. The zero-order valence-corrected chi connectivity index (χ0v) is 18.3. The topological polar surface area (TPSA) is 112 Å². The Bertz CT molecular complexity index is 1130. The van der Waals surface area contributed by atoms with Gasteiger partial charge in [-0.3, -0.25) is 29.4 Å². The first-order valence-corrected chi connectivity index (χ1v) is 10.3. The molecular formula is C21H21N3O6S. The van der Waals surface area contributed by atoms with Crippen LogP contribution < -0.4 is 0 Å². The number of carbonyl (C=O) groups excluding carboxylic acids is 3. The van der Waals surface area contributed by atoms with Gasteiger partial charge >= 0.3 is 5.97 Å². The Balaban J connectivity index is 1.93. The molecule has 1 aromatic heterocycles. The summed E-state index contributed by atoms with van der Waals surface area (Å²) in [7, 11) is 0. The Morgan fingerprint density at radius 3 is 2.55 bits per heavy atom. The summed E-state index contributed by atoms with van der Waals surface area (Å²) in [5.74, 6) is -1.18. The molecule has 10 heteroatoms. The van der Waals surface area contributed by atoms with Crippen molar-refractivity contribution in [2.24, 2.45) is 0 Å². The summed E-state index contributed by atoms with van der Waals surface area (Å²) in [5.41, 5.74) is 3.95. The number of amides is 2. The third kappa shape index (κ3) is 4.38. The van der Waals surface area contributed by atoms with Gasteiger partial charge in [0.25, 0.3) is 16.8 Å². The van der Waals surface area contributed by atoms with Gasteiger partial charge in [0.1, 0.15) is 6.54 Å². The average Bonchev–Trinajstić information content (AvgIpc) is 3.12.